The molecule has 8 nitrogen and oxygen atoms in total. The molecule has 0 spiro atoms. The number of hydrogen-bond acceptors (Lipinski definition) is 7. The van der Waals surface area contributed by atoms with Crippen molar-refractivity contribution in [3.63, 3.8) is 0 Å². The highest BCUT2D eigenvalue weighted by molar-refractivity contribution is 7.99. The highest BCUT2D eigenvalue weighted by atomic mass is 32.2. The number of benzene rings is 2. The zero-order chi connectivity index (χ0) is 22.4. The largest absolute Gasteiger partial charge is 0.490 e. The molecule has 0 bridgehead atoms. The Labute approximate surface area is 185 Å². The molecular formula is C22H26N2O6S. The number of hydrogen-bond donors (Lipinski definition) is 1. The summed E-state index contributed by atoms with van der Waals surface area (Å²) in [4.78, 5) is 23.3. The van der Waals surface area contributed by atoms with Crippen LogP contribution in [0.1, 0.15) is 31.0 Å². The van der Waals surface area contributed by atoms with Crippen molar-refractivity contribution < 1.29 is 23.9 Å². The van der Waals surface area contributed by atoms with Crippen LogP contribution in [-0.4, -0.2) is 36.9 Å². The first-order valence-corrected chi connectivity index (χ1v) is 11.1. The van der Waals surface area contributed by atoms with Gasteiger partial charge in [0.05, 0.1) is 23.8 Å². The molecule has 1 unspecified atom stereocenters. The molecule has 0 fully saturated rings. The van der Waals surface area contributed by atoms with Gasteiger partial charge in [0, 0.05) is 11.8 Å². The molecule has 1 amide bonds. The molecule has 1 aliphatic heterocycles. The predicted octanol–water partition coefficient (Wildman–Crippen LogP) is 4.12. The van der Waals surface area contributed by atoms with Gasteiger partial charge in [-0.05, 0) is 35.2 Å². The Morgan fingerprint density at radius 1 is 1.19 bits per heavy atom. The van der Waals surface area contributed by atoms with Crippen LogP contribution < -0.4 is 19.5 Å². The summed E-state index contributed by atoms with van der Waals surface area (Å²) >= 11 is 1.40. The molecule has 2 aromatic carbocycles. The van der Waals surface area contributed by atoms with E-state index in [0.29, 0.717) is 30.5 Å². The quantitative estimate of drug-likeness (QED) is 0.457. The number of methoxy groups -OCH3 is 1. The number of amides is 1. The maximum atomic E-state index is 12.6. The van der Waals surface area contributed by atoms with Gasteiger partial charge in [-0.1, -0.05) is 26.0 Å². The predicted molar refractivity (Wildman–Crippen MR) is 119 cm³/mol. The highest BCUT2D eigenvalue weighted by Crippen LogP contribution is 2.34. The average molecular weight is 447 g/mol. The molecule has 1 N–H and O–H groups in total. The van der Waals surface area contributed by atoms with E-state index < -0.39 is 4.92 Å². The van der Waals surface area contributed by atoms with Gasteiger partial charge >= 0.3 is 5.69 Å². The number of ether oxygens (including phenoxy) is 3. The third kappa shape index (κ3) is 5.81. The van der Waals surface area contributed by atoms with Gasteiger partial charge in [-0.2, -0.15) is 0 Å². The maximum absolute atomic E-state index is 12.6. The number of fused-ring (bicyclic) bond motifs is 1. The van der Waals surface area contributed by atoms with Crippen LogP contribution in [0.2, 0.25) is 0 Å². The van der Waals surface area contributed by atoms with E-state index in [4.69, 9.17) is 14.2 Å². The van der Waals surface area contributed by atoms with E-state index in [2.05, 4.69) is 5.32 Å². The Hall–Kier alpha value is -2.94. The second-order valence-electron chi connectivity index (χ2n) is 7.45. The number of nitrogens with one attached hydrogen (secondary N) is 1. The molecular weight excluding hydrogens is 420 g/mol. The Balaban J connectivity index is 1.59. The SMILES string of the molecule is COc1ccc(CSCC(=O)NC(c2ccc3c(c2)OCCO3)C(C)C)cc1[N+](=O)[O-]. The molecule has 1 heterocycles. The lowest BCUT2D eigenvalue weighted by atomic mass is 9.95. The first-order chi connectivity index (χ1) is 14.9. The summed E-state index contributed by atoms with van der Waals surface area (Å²) in [5, 5.41) is 14.3. The van der Waals surface area contributed by atoms with Crippen molar-refractivity contribution in [1.82, 2.24) is 5.32 Å². The topological polar surface area (TPSA) is 99.9 Å². The summed E-state index contributed by atoms with van der Waals surface area (Å²) < 4.78 is 16.2. The molecule has 0 aromatic heterocycles. The van der Waals surface area contributed by atoms with Crippen LogP contribution in [0.3, 0.4) is 0 Å². The van der Waals surface area contributed by atoms with Crippen molar-refractivity contribution in [1.29, 1.82) is 0 Å². The number of nitro benzene ring substituents is 1. The number of carbonyl (C=O) groups excluding carboxylic acids is 1. The third-order valence-corrected chi connectivity index (χ3v) is 5.85. The van der Waals surface area contributed by atoms with E-state index >= 15 is 0 Å². The number of thioether (sulfide) groups is 1. The Kier molecular flexibility index (Phi) is 7.62. The third-order valence-electron chi connectivity index (χ3n) is 4.85. The number of carbonyl (C=O) groups is 1. The van der Waals surface area contributed by atoms with Crippen molar-refractivity contribution in [3.8, 4) is 17.2 Å². The zero-order valence-corrected chi connectivity index (χ0v) is 18.6. The summed E-state index contributed by atoms with van der Waals surface area (Å²) in [6.45, 7) is 5.14. The molecule has 166 valence electrons. The maximum Gasteiger partial charge on any atom is 0.311 e. The normalized spacial score (nSPS) is 13.5. The molecule has 2 aromatic rings. The molecule has 1 atom stereocenters. The standard InChI is InChI=1S/C22H26N2O6S/c1-14(2)22(16-5-7-19-20(11-16)30-9-8-29-19)23-21(25)13-31-12-15-4-6-18(28-3)17(10-15)24(26)27/h4-7,10-11,14,22H,8-9,12-13H2,1-3H3,(H,23,25). The van der Waals surface area contributed by atoms with Crippen molar-refractivity contribution in [2.75, 3.05) is 26.1 Å². The van der Waals surface area contributed by atoms with Crippen LogP contribution in [0.4, 0.5) is 5.69 Å². The molecule has 1 aliphatic rings. The Morgan fingerprint density at radius 2 is 1.94 bits per heavy atom. The minimum Gasteiger partial charge on any atom is -0.490 e. The Bertz CT molecular complexity index is 950. The van der Waals surface area contributed by atoms with Gasteiger partial charge in [0.1, 0.15) is 13.2 Å². The second kappa shape index (κ2) is 10.4. The summed E-state index contributed by atoms with van der Waals surface area (Å²) in [5.41, 5.74) is 1.64. The van der Waals surface area contributed by atoms with E-state index in [0.717, 1.165) is 11.1 Å². The zero-order valence-electron chi connectivity index (χ0n) is 17.8. The van der Waals surface area contributed by atoms with Gasteiger partial charge in [0.2, 0.25) is 5.91 Å². The second-order valence-corrected chi connectivity index (χ2v) is 8.43. The molecule has 0 saturated carbocycles. The molecule has 31 heavy (non-hydrogen) atoms. The minimum atomic E-state index is -0.472. The van der Waals surface area contributed by atoms with Crippen LogP contribution in [-0.2, 0) is 10.5 Å². The Morgan fingerprint density at radius 3 is 2.61 bits per heavy atom. The van der Waals surface area contributed by atoms with Crippen LogP contribution >= 0.6 is 11.8 Å². The van der Waals surface area contributed by atoms with Gasteiger partial charge in [0.15, 0.2) is 17.2 Å². The number of nitrogens with zero attached hydrogens (tertiary/aromatic N) is 1. The van der Waals surface area contributed by atoms with E-state index in [1.54, 1.807) is 12.1 Å². The van der Waals surface area contributed by atoms with Crippen LogP contribution in [0.15, 0.2) is 36.4 Å². The van der Waals surface area contributed by atoms with E-state index in [9.17, 15) is 14.9 Å². The first-order valence-electron chi connectivity index (χ1n) is 9.97. The summed E-state index contributed by atoms with van der Waals surface area (Å²) in [6, 6.07) is 10.4. The number of rotatable bonds is 9. The highest BCUT2D eigenvalue weighted by Gasteiger charge is 2.21. The van der Waals surface area contributed by atoms with Gasteiger partial charge in [-0.3, -0.25) is 14.9 Å². The van der Waals surface area contributed by atoms with Crippen LogP contribution in [0.25, 0.3) is 0 Å². The van der Waals surface area contributed by atoms with Crippen molar-refractivity contribution >= 4 is 23.4 Å². The van der Waals surface area contributed by atoms with E-state index in [1.165, 1.54) is 24.9 Å². The van der Waals surface area contributed by atoms with E-state index in [-0.39, 0.29) is 35.1 Å². The molecule has 3 rings (SSSR count). The lowest BCUT2D eigenvalue weighted by molar-refractivity contribution is -0.385. The molecule has 0 saturated heterocycles. The van der Waals surface area contributed by atoms with Crippen molar-refractivity contribution in [3.05, 3.63) is 57.6 Å². The lowest BCUT2D eigenvalue weighted by Gasteiger charge is -2.25. The van der Waals surface area contributed by atoms with Crippen LogP contribution in [0, 0.1) is 16.0 Å². The van der Waals surface area contributed by atoms with Crippen molar-refractivity contribution in [2.24, 2.45) is 5.92 Å². The molecule has 9 heteroatoms. The van der Waals surface area contributed by atoms with Gasteiger partial charge in [0.25, 0.3) is 0 Å². The van der Waals surface area contributed by atoms with Gasteiger partial charge < -0.3 is 19.5 Å². The summed E-state index contributed by atoms with van der Waals surface area (Å²) in [7, 11) is 1.40. The molecule has 0 aliphatic carbocycles. The van der Waals surface area contributed by atoms with Crippen molar-refractivity contribution in [2.45, 2.75) is 25.6 Å². The van der Waals surface area contributed by atoms with Gasteiger partial charge in [-0.15, -0.1) is 11.8 Å². The lowest BCUT2D eigenvalue weighted by Crippen LogP contribution is -2.33. The molecule has 0 radical (unpaired) electrons. The first kappa shape index (κ1) is 22.7. The average Bonchev–Trinajstić information content (AvgIpc) is 2.76. The number of nitro groups is 1. The monoisotopic (exact) mass is 446 g/mol. The van der Waals surface area contributed by atoms with Gasteiger partial charge in [-0.25, -0.2) is 0 Å². The fourth-order valence-corrected chi connectivity index (χ4v) is 4.12. The summed E-state index contributed by atoms with van der Waals surface area (Å²) in [5.74, 6) is 2.44. The fraction of sp³-hybridized carbons (Fsp3) is 0.409. The summed E-state index contributed by atoms with van der Waals surface area (Å²) in [6.07, 6.45) is 0. The van der Waals surface area contributed by atoms with E-state index in [1.807, 2.05) is 32.0 Å². The fourth-order valence-electron chi connectivity index (χ4n) is 3.33. The smallest absolute Gasteiger partial charge is 0.311 e. The minimum absolute atomic E-state index is 0.0801. The van der Waals surface area contributed by atoms with Crippen LogP contribution in [0.5, 0.6) is 17.2 Å².